The van der Waals surface area contributed by atoms with Crippen molar-refractivity contribution in [1.29, 1.82) is 0 Å². The van der Waals surface area contributed by atoms with Gasteiger partial charge in [0, 0.05) is 0 Å². The predicted molar refractivity (Wildman–Crippen MR) is 64.2 cm³/mol. The van der Waals surface area contributed by atoms with Gasteiger partial charge in [0.15, 0.2) is 4.88 Å². The maximum atomic E-state index is 10.8. The van der Waals surface area contributed by atoms with Gasteiger partial charge in [-0.3, -0.25) is 0 Å². The fourth-order valence-corrected chi connectivity index (χ4v) is 1.79. The molecule has 0 aliphatic heterocycles. The number of hydrogen-bond acceptors (Lipinski definition) is 6. The maximum absolute atomic E-state index is 10.8. The Morgan fingerprint density at radius 3 is 2.61 bits per heavy atom. The molecule has 0 bridgehead atoms. The summed E-state index contributed by atoms with van der Waals surface area (Å²) >= 11 is 0.838. The number of carbonyl (C=O) groups is 1. The van der Waals surface area contributed by atoms with Crippen molar-refractivity contribution in [2.24, 2.45) is 0 Å². The largest absolute Gasteiger partial charge is 0.497 e. The average Bonchev–Trinajstić information content (AvgIpc) is 2.85. The highest BCUT2D eigenvalue weighted by atomic mass is 32.1. The number of nitrogens with zero attached hydrogens (tertiary/aromatic N) is 2. The third-order valence-electron chi connectivity index (χ3n) is 2.18. The fraction of sp³-hybridized carbons (Fsp3) is 0.182. The molecule has 7 heteroatoms. The molecule has 2 rings (SSSR count). The van der Waals surface area contributed by atoms with Crippen LogP contribution in [0.2, 0.25) is 0 Å². The Morgan fingerprint density at radius 1 is 1.33 bits per heavy atom. The summed E-state index contributed by atoms with van der Waals surface area (Å²) in [7, 11) is 1.58. The summed E-state index contributed by atoms with van der Waals surface area (Å²) in [5, 5.41) is 12.6. The Kier molecular flexibility index (Phi) is 3.73. The zero-order valence-corrected chi connectivity index (χ0v) is 10.3. The van der Waals surface area contributed by atoms with Crippen LogP contribution in [0.15, 0.2) is 24.3 Å². The van der Waals surface area contributed by atoms with E-state index in [1.165, 1.54) is 0 Å². The van der Waals surface area contributed by atoms with E-state index in [0.29, 0.717) is 11.4 Å². The molecule has 94 valence electrons. The van der Waals surface area contributed by atoms with Crippen LogP contribution in [0.3, 0.4) is 0 Å². The molecule has 2 aromatic rings. The summed E-state index contributed by atoms with van der Waals surface area (Å²) in [5.74, 6) is 0.294. The Bertz CT molecular complexity index is 538. The standard InChI is InChI=1S/C11H10N2O4S/c1-16-7-2-4-8(5-3-7)17-6-9-10(11(14)15)18-13-12-9/h2-5H,6H2,1H3,(H,14,15). The summed E-state index contributed by atoms with van der Waals surface area (Å²) in [6.07, 6.45) is 0. The normalized spacial score (nSPS) is 10.1. The van der Waals surface area contributed by atoms with Crippen LogP contribution in [-0.4, -0.2) is 27.8 Å². The molecule has 6 nitrogen and oxygen atoms in total. The Hall–Kier alpha value is -2.15. The van der Waals surface area contributed by atoms with Crippen LogP contribution < -0.4 is 9.47 Å². The zero-order valence-electron chi connectivity index (χ0n) is 9.49. The first-order valence-corrected chi connectivity index (χ1v) is 5.79. The van der Waals surface area contributed by atoms with Gasteiger partial charge in [0.05, 0.1) is 7.11 Å². The quantitative estimate of drug-likeness (QED) is 0.889. The van der Waals surface area contributed by atoms with Crippen LogP contribution in [0.25, 0.3) is 0 Å². The highest BCUT2D eigenvalue weighted by Crippen LogP contribution is 2.19. The van der Waals surface area contributed by atoms with Gasteiger partial charge < -0.3 is 14.6 Å². The first-order chi connectivity index (χ1) is 8.70. The average molecular weight is 266 g/mol. The van der Waals surface area contributed by atoms with Gasteiger partial charge in [-0.1, -0.05) is 4.49 Å². The van der Waals surface area contributed by atoms with E-state index in [4.69, 9.17) is 14.6 Å². The minimum absolute atomic E-state index is 0.0739. The monoisotopic (exact) mass is 266 g/mol. The summed E-state index contributed by atoms with van der Waals surface area (Å²) < 4.78 is 14.0. The van der Waals surface area contributed by atoms with E-state index in [1.807, 2.05) is 0 Å². The number of aromatic carboxylic acids is 1. The van der Waals surface area contributed by atoms with E-state index in [-0.39, 0.29) is 11.5 Å². The number of benzene rings is 1. The second kappa shape index (κ2) is 5.46. The Morgan fingerprint density at radius 2 is 2.00 bits per heavy atom. The summed E-state index contributed by atoms with van der Waals surface area (Å²) in [6.45, 7) is 0.0739. The van der Waals surface area contributed by atoms with Gasteiger partial charge >= 0.3 is 5.97 Å². The lowest BCUT2D eigenvalue weighted by atomic mass is 10.3. The van der Waals surface area contributed by atoms with Crippen molar-refractivity contribution in [3.8, 4) is 11.5 Å². The molecule has 0 saturated carbocycles. The molecule has 0 saturated heterocycles. The highest BCUT2D eigenvalue weighted by Gasteiger charge is 2.15. The van der Waals surface area contributed by atoms with Crippen molar-refractivity contribution < 1.29 is 19.4 Å². The van der Waals surface area contributed by atoms with Crippen LogP contribution in [-0.2, 0) is 6.61 Å². The molecule has 18 heavy (non-hydrogen) atoms. The SMILES string of the molecule is COc1ccc(OCc2nnsc2C(=O)O)cc1. The molecule has 0 aliphatic carbocycles. The van der Waals surface area contributed by atoms with Crippen molar-refractivity contribution in [1.82, 2.24) is 9.59 Å². The lowest BCUT2D eigenvalue weighted by Gasteiger charge is -2.05. The van der Waals surface area contributed by atoms with E-state index in [2.05, 4.69) is 9.59 Å². The van der Waals surface area contributed by atoms with Gasteiger partial charge in [0.2, 0.25) is 0 Å². The molecule has 0 spiro atoms. The smallest absolute Gasteiger partial charge is 0.349 e. The first kappa shape index (κ1) is 12.3. The van der Waals surface area contributed by atoms with Crippen molar-refractivity contribution >= 4 is 17.5 Å². The number of carboxylic acid groups (broad SMARTS) is 1. The Balaban J connectivity index is 2.02. The Labute approximate surface area is 107 Å². The number of aromatic nitrogens is 2. The predicted octanol–water partition coefficient (Wildman–Crippen LogP) is 1.82. The highest BCUT2D eigenvalue weighted by molar-refractivity contribution is 7.07. The van der Waals surface area contributed by atoms with Crippen molar-refractivity contribution in [3.63, 3.8) is 0 Å². The number of rotatable bonds is 5. The molecule has 0 atom stereocenters. The zero-order chi connectivity index (χ0) is 13.0. The van der Waals surface area contributed by atoms with Gasteiger partial charge in [-0.15, -0.1) is 5.10 Å². The van der Waals surface area contributed by atoms with Crippen LogP contribution in [0, 0.1) is 0 Å². The lowest BCUT2D eigenvalue weighted by molar-refractivity contribution is 0.0699. The van der Waals surface area contributed by atoms with Crippen LogP contribution in [0.5, 0.6) is 11.5 Å². The van der Waals surface area contributed by atoms with Crippen molar-refractivity contribution in [3.05, 3.63) is 34.8 Å². The van der Waals surface area contributed by atoms with Gasteiger partial charge in [-0.2, -0.15) is 0 Å². The third kappa shape index (κ3) is 2.75. The van der Waals surface area contributed by atoms with Crippen molar-refractivity contribution in [2.45, 2.75) is 6.61 Å². The van der Waals surface area contributed by atoms with Crippen LogP contribution >= 0.6 is 11.5 Å². The molecular formula is C11H10N2O4S. The molecule has 0 unspecified atom stereocenters. The van der Waals surface area contributed by atoms with Crippen molar-refractivity contribution in [2.75, 3.05) is 7.11 Å². The second-order valence-corrected chi connectivity index (χ2v) is 4.07. The fourth-order valence-electron chi connectivity index (χ4n) is 1.29. The molecule has 1 aromatic heterocycles. The minimum Gasteiger partial charge on any atom is -0.497 e. The molecule has 1 aromatic carbocycles. The third-order valence-corrected chi connectivity index (χ3v) is 2.94. The van der Waals surface area contributed by atoms with Gasteiger partial charge in [0.25, 0.3) is 0 Å². The van der Waals surface area contributed by atoms with Gasteiger partial charge in [-0.05, 0) is 35.8 Å². The number of ether oxygens (including phenoxy) is 2. The minimum atomic E-state index is -1.04. The molecule has 0 aliphatic rings. The summed E-state index contributed by atoms with van der Waals surface area (Å²) in [4.78, 5) is 10.9. The maximum Gasteiger partial charge on any atom is 0.349 e. The summed E-state index contributed by atoms with van der Waals surface area (Å²) in [6, 6.07) is 6.98. The topological polar surface area (TPSA) is 81.5 Å². The molecule has 1 heterocycles. The molecule has 0 amide bonds. The van der Waals surface area contributed by atoms with Gasteiger partial charge in [-0.25, -0.2) is 4.79 Å². The molecule has 0 radical (unpaired) electrons. The van der Waals surface area contributed by atoms with Gasteiger partial charge in [0.1, 0.15) is 23.8 Å². The number of carboxylic acids is 1. The lowest BCUT2D eigenvalue weighted by Crippen LogP contribution is -2.03. The second-order valence-electron chi connectivity index (χ2n) is 3.32. The van der Waals surface area contributed by atoms with E-state index >= 15 is 0 Å². The van der Waals surface area contributed by atoms with Crippen LogP contribution in [0.4, 0.5) is 0 Å². The van der Waals surface area contributed by atoms with Crippen LogP contribution in [0.1, 0.15) is 15.4 Å². The van der Waals surface area contributed by atoms with E-state index in [0.717, 1.165) is 17.3 Å². The van der Waals surface area contributed by atoms with E-state index in [9.17, 15) is 4.79 Å². The van der Waals surface area contributed by atoms with E-state index < -0.39 is 5.97 Å². The van der Waals surface area contributed by atoms with E-state index in [1.54, 1.807) is 31.4 Å². The molecular weight excluding hydrogens is 256 g/mol. The first-order valence-electron chi connectivity index (χ1n) is 5.02. The number of hydrogen-bond donors (Lipinski definition) is 1. The molecule has 1 N–H and O–H groups in total. The molecule has 0 fully saturated rings. The summed E-state index contributed by atoms with van der Waals surface area (Å²) in [5.41, 5.74) is 0.323. The number of methoxy groups -OCH3 is 1.